The molecule has 1 aliphatic heterocycles. The number of fused-ring (bicyclic) bond motifs is 1. The molecule has 3 heteroatoms. The molecule has 1 atom stereocenters. The smallest absolute Gasteiger partial charge is 0.163 e. The standard InChI is InChI=1S/C21H23NO2/c1-15(22-10-12-24-13-11-22)16-2-4-17(5-3-16)18-6-8-20-19(14-18)7-9-21(20)23/h2-6,8,14-15H,7,9-13H2,1H3/t15-/m1/s1. The summed E-state index contributed by atoms with van der Waals surface area (Å²) in [6.07, 6.45) is 1.54. The summed E-state index contributed by atoms with van der Waals surface area (Å²) in [7, 11) is 0. The SMILES string of the molecule is C[C@H](c1ccc(-c2ccc3c(c2)CCC3=O)cc1)N1CCOCC1. The van der Waals surface area contributed by atoms with Crippen LogP contribution in [0.3, 0.4) is 0 Å². The molecule has 0 amide bonds. The van der Waals surface area contributed by atoms with Crippen LogP contribution in [0.2, 0.25) is 0 Å². The highest BCUT2D eigenvalue weighted by atomic mass is 16.5. The zero-order chi connectivity index (χ0) is 16.5. The number of Topliss-reactive ketones (excluding diaryl/α,β-unsaturated/α-hetero) is 1. The summed E-state index contributed by atoms with van der Waals surface area (Å²) >= 11 is 0. The fourth-order valence-electron chi connectivity index (χ4n) is 3.76. The number of hydrogen-bond donors (Lipinski definition) is 0. The molecule has 0 bridgehead atoms. The van der Waals surface area contributed by atoms with Crippen LogP contribution in [0.15, 0.2) is 42.5 Å². The van der Waals surface area contributed by atoms with Crippen molar-refractivity contribution >= 4 is 5.78 Å². The second kappa shape index (κ2) is 6.50. The highest BCUT2D eigenvalue weighted by Crippen LogP contribution is 2.29. The summed E-state index contributed by atoms with van der Waals surface area (Å²) in [5, 5.41) is 0. The molecule has 1 heterocycles. The predicted molar refractivity (Wildman–Crippen MR) is 95.3 cm³/mol. The number of hydrogen-bond acceptors (Lipinski definition) is 3. The zero-order valence-corrected chi connectivity index (χ0v) is 14.1. The Morgan fingerprint density at radius 2 is 1.67 bits per heavy atom. The maximum absolute atomic E-state index is 11.8. The number of nitrogens with zero attached hydrogens (tertiary/aromatic N) is 1. The van der Waals surface area contributed by atoms with Gasteiger partial charge in [-0.3, -0.25) is 9.69 Å². The third-order valence-electron chi connectivity index (χ3n) is 5.35. The number of morpholine rings is 1. The second-order valence-electron chi connectivity index (χ2n) is 6.74. The van der Waals surface area contributed by atoms with Gasteiger partial charge in [0.15, 0.2) is 5.78 Å². The minimum Gasteiger partial charge on any atom is -0.379 e. The molecule has 0 spiro atoms. The number of rotatable bonds is 3. The fraction of sp³-hybridized carbons (Fsp3) is 0.381. The van der Waals surface area contributed by atoms with Gasteiger partial charge in [0.25, 0.3) is 0 Å². The number of benzene rings is 2. The lowest BCUT2D eigenvalue weighted by molar-refractivity contribution is 0.0198. The van der Waals surface area contributed by atoms with Crippen molar-refractivity contribution in [3.05, 3.63) is 59.2 Å². The van der Waals surface area contributed by atoms with Crippen molar-refractivity contribution in [2.45, 2.75) is 25.8 Å². The van der Waals surface area contributed by atoms with Crippen molar-refractivity contribution < 1.29 is 9.53 Å². The lowest BCUT2D eigenvalue weighted by atomic mass is 9.98. The van der Waals surface area contributed by atoms with Crippen LogP contribution in [-0.4, -0.2) is 37.0 Å². The van der Waals surface area contributed by atoms with Crippen LogP contribution >= 0.6 is 0 Å². The summed E-state index contributed by atoms with van der Waals surface area (Å²) in [4.78, 5) is 14.2. The van der Waals surface area contributed by atoms with Crippen molar-refractivity contribution in [2.24, 2.45) is 0 Å². The normalized spacial score (nSPS) is 19.3. The Balaban J connectivity index is 1.54. The van der Waals surface area contributed by atoms with Crippen LogP contribution in [0.4, 0.5) is 0 Å². The zero-order valence-electron chi connectivity index (χ0n) is 14.1. The van der Waals surface area contributed by atoms with Gasteiger partial charge in [-0.25, -0.2) is 0 Å². The second-order valence-corrected chi connectivity index (χ2v) is 6.74. The van der Waals surface area contributed by atoms with Crippen molar-refractivity contribution in [1.82, 2.24) is 4.90 Å². The first-order valence-electron chi connectivity index (χ1n) is 8.80. The van der Waals surface area contributed by atoms with Crippen LogP contribution in [-0.2, 0) is 11.2 Å². The van der Waals surface area contributed by atoms with E-state index >= 15 is 0 Å². The largest absolute Gasteiger partial charge is 0.379 e. The van der Waals surface area contributed by atoms with E-state index in [-0.39, 0.29) is 5.78 Å². The maximum atomic E-state index is 11.8. The van der Waals surface area contributed by atoms with Gasteiger partial charge in [-0.2, -0.15) is 0 Å². The number of carbonyl (C=O) groups is 1. The van der Waals surface area contributed by atoms with Crippen molar-refractivity contribution in [1.29, 1.82) is 0 Å². The van der Waals surface area contributed by atoms with E-state index in [1.165, 1.54) is 22.3 Å². The summed E-state index contributed by atoms with van der Waals surface area (Å²) in [6.45, 7) is 5.93. The van der Waals surface area contributed by atoms with E-state index in [0.29, 0.717) is 12.5 Å². The van der Waals surface area contributed by atoms with Crippen LogP contribution in [0, 0.1) is 0 Å². The molecule has 0 N–H and O–H groups in total. The van der Waals surface area contributed by atoms with Gasteiger partial charge in [0, 0.05) is 31.1 Å². The maximum Gasteiger partial charge on any atom is 0.163 e. The van der Waals surface area contributed by atoms with Crippen LogP contribution in [0.25, 0.3) is 11.1 Å². The first-order valence-corrected chi connectivity index (χ1v) is 8.80. The van der Waals surface area contributed by atoms with E-state index in [1.54, 1.807) is 0 Å². The first kappa shape index (κ1) is 15.6. The van der Waals surface area contributed by atoms with Gasteiger partial charge in [-0.05, 0) is 35.6 Å². The molecule has 124 valence electrons. The molecule has 0 unspecified atom stereocenters. The Hall–Kier alpha value is -1.97. The molecular weight excluding hydrogens is 298 g/mol. The summed E-state index contributed by atoms with van der Waals surface area (Å²) < 4.78 is 5.44. The summed E-state index contributed by atoms with van der Waals surface area (Å²) in [6, 6.07) is 15.5. The monoisotopic (exact) mass is 321 g/mol. The first-order chi connectivity index (χ1) is 11.7. The van der Waals surface area contributed by atoms with E-state index in [9.17, 15) is 4.79 Å². The average Bonchev–Trinajstić information content (AvgIpc) is 3.02. The number of carbonyl (C=O) groups excluding carboxylic acids is 1. The van der Waals surface area contributed by atoms with Gasteiger partial charge in [0.1, 0.15) is 0 Å². The molecule has 2 aromatic rings. The molecule has 1 aliphatic carbocycles. The van der Waals surface area contributed by atoms with Gasteiger partial charge in [-0.15, -0.1) is 0 Å². The lowest BCUT2D eigenvalue weighted by Gasteiger charge is -2.32. The molecule has 0 saturated carbocycles. The third kappa shape index (κ3) is 2.90. The van der Waals surface area contributed by atoms with Crippen LogP contribution in [0.5, 0.6) is 0 Å². The van der Waals surface area contributed by atoms with E-state index in [1.807, 2.05) is 6.07 Å². The van der Waals surface area contributed by atoms with Gasteiger partial charge in [0.05, 0.1) is 13.2 Å². The molecule has 0 aromatic heterocycles. The topological polar surface area (TPSA) is 29.5 Å². The lowest BCUT2D eigenvalue weighted by Crippen LogP contribution is -2.37. The van der Waals surface area contributed by atoms with Gasteiger partial charge in [-0.1, -0.05) is 42.5 Å². The van der Waals surface area contributed by atoms with E-state index in [2.05, 4.69) is 48.2 Å². The highest BCUT2D eigenvalue weighted by molar-refractivity contribution is 6.00. The molecule has 4 rings (SSSR count). The number of ether oxygens (including phenoxy) is 1. The Bertz CT molecular complexity index is 745. The molecule has 1 saturated heterocycles. The number of aryl methyl sites for hydroxylation is 1. The molecule has 2 aromatic carbocycles. The Labute approximate surface area is 143 Å². The summed E-state index contributed by atoms with van der Waals surface area (Å²) in [5.41, 5.74) is 5.88. The highest BCUT2D eigenvalue weighted by Gasteiger charge is 2.20. The minimum atomic E-state index is 0.284. The molecule has 0 radical (unpaired) electrons. The Morgan fingerprint density at radius 3 is 2.42 bits per heavy atom. The number of ketones is 1. The van der Waals surface area contributed by atoms with Crippen LogP contribution in [0.1, 0.15) is 40.9 Å². The molecule has 3 nitrogen and oxygen atoms in total. The minimum absolute atomic E-state index is 0.284. The fourth-order valence-corrected chi connectivity index (χ4v) is 3.76. The van der Waals surface area contributed by atoms with Crippen molar-refractivity contribution in [3.63, 3.8) is 0 Å². The Morgan fingerprint density at radius 1 is 0.958 bits per heavy atom. The van der Waals surface area contributed by atoms with Gasteiger partial charge >= 0.3 is 0 Å². The predicted octanol–water partition coefficient (Wildman–Crippen LogP) is 3.88. The average molecular weight is 321 g/mol. The van der Waals surface area contributed by atoms with Gasteiger partial charge in [0.2, 0.25) is 0 Å². The molecule has 1 fully saturated rings. The van der Waals surface area contributed by atoms with E-state index < -0.39 is 0 Å². The third-order valence-corrected chi connectivity index (χ3v) is 5.35. The summed E-state index contributed by atoms with van der Waals surface area (Å²) in [5.74, 6) is 0.284. The van der Waals surface area contributed by atoms with Crippen LogP contribution < -0.4 is 0 Å². The molecule has 2 aliphatic rings. The molecule has 24 heavy (non-hydrogen) atoms. The van der Waals surface area contributed by atoms with E-state index in [4.69, 9.17) is 4.74 Å². The quantitative estimate of drug-likeness (QED) is 0.859. The Kier molecular flexibility index (Phi) is 4.21. The molecular formula is C21H23NO2. The van der Waals surface area contributed by atoms with Crippen molar-refractivity contribution in [2.75, 3.05) is 26.3 Å². The van der Waals surface area contributed by atoms with E-state index in [0.717, 1.165) is 38.3 Å². The van der Waals surface area contributed by atoms with Gasteiger partial charge < -0.3 is 4.74 Å². The van der Waals surface area contributed by atoms with Crippen molar-refractivity contribution in [3.8, 4) is 11.1 Å².